The number of amides is 1. The number of hydrogen-bond donors (Lipinski definition) is 2. The van der Waals surface area contributed by atoms with Crippen molar-refractivity contribution in [2.45, 2.75) is 0 Å². The summed E-state index contributed by atoms with van der Waals surface area (Å²) in [6.07, 6.45) is 0. The molecule has 5 nitrogen and oxygen atoms in total. The first-order valence-electron chi connectivity index (χ1n) is 6.34. The van der Waals surface area contributed by atoms with Crippen molar-refractivity contribution in [3.05, 3.63) is 58.6 Å². The normalized spacial score (nSPS) is 10.2. The van der Waals surface area contributed by atoms with Crippen molar-refractivity contribution < 1.29 is 23.1 Å². The highest BCUT2D eigenvalue weighted by molar-refractivity contribution is 6.30. The second kappa shape index (κ2) is 7.06. The number of carbonyl (C=O) groups is 2. The molecule has 2 aromatic rings. The molecule has 2 rings (SSSR count). The summed E-state index contributed by atoms with van der Waals surface area (Å²) in [5, 5.41) is 2.41. The van der Waals surface area contributed by atoms with E-state index in [2.05, 4.69) is 5.32 Å². The number of benzene rings is 2. The van der Waals surface area contributed by atoms with E-state index in [0.717, 1.165) is 24.3 Å². The molecule has 3 N–H and O–H groups in total. The van der Waals surface area contributed by atoms with Crippen LogP contribution in [0.2, 0.25) is 5.02 Å². The van der Waals surface area contributed by atoms with Gasteiger partial charge in [-0.25, -0.2) is 13.6 Å². The Morgan fingerprint density at radius 2 is 1.91 bits per heavy atom. The first kappa shape index (κ1) is 16.7. The standard InChI is InChI=1S/C15H11ClF2N2O3/c16-8-1-4-13(11(18)5-8)20-14(21)7-23-15(22)10-3-2-9(17)6-12(10)19/h1-6H,7,19H2,(H,20,21). The summed E-state index contributed by atoms with van der Waals surface area (Å²) in [5.74, 6) is -2.97. The van der Waals surface area contributed by atoms with Crippen LogP contribution in [-0.2, 0) is 9.53 Å². The fourth-order valence-corrected chi connectivity index (χ4v) is 1.86. The third-order valence-corrected chi connectivity index (χ3v) is 3.01. The van der Waals surface area contributed by atoms with Gasteiger partial charge >= 0.3 is 5.97 Å². The van der Waals surface area contributed by atoms with Crippen LogP contribution in [0.4, 0.5) is 20.2 Å². The van der Waals surface area contributed by atoms with E-state index in [4.69, 9.17) is 22.1 Å². The first-order valence-corrected chi connectivity index (χ1v) is 6.71. The van der Waals surface area contributed by atoms with Crippen molar-refractivity contribution in [3.8, 4) is 0 Å². The average molecular weight is 341 g/mol. The number of esters is 1. The molecule has 0 aliphatic carbocycles. The van der Waals surface area contributed by atoms with E-state index in [1.54, 1.807) is 0 Å². The minimum absolute atomic E-state index is 0.0723. The van der Waals surface area contributed by atoms with E-state index in [-0.39, 0.29) is 22.0 Å². The zero-order chi connectivity index (χ0) is 17.0. The molecule has 0 bridgehead atoms. The maximum absolute atomic E-state index is 13.5. The van der Waals surface area contributed by atoms with E-state index in [9.17, 15) is 18.4 Å². The predicted octanol–water partition coefficient (Wildman–Crippen LogP) is 3.00. The van der Waals surface area contributed by atoms with Gasteiger partial charge in [0.05, 0.1) is 11.3 Å². The Morgan fingerprint density at radius 3 is 2.57 bits per heavy atom. The van der Waals surface area contributed by atoms with Gasteiger partial charge in [-0.3, -0.25) is 4.79 Å². The minimum atomic E-state index is -0.894. The minimum Gasteiger partial charge on any atom is -0.452 e. The number of nitrogen functional groups attached to an aromatic ring is 1. The van der Waals surface area contributed by atoms with Crippen molar-refractivity contribution in [1.82, 2.24) is 0 Å². The molecule has 23 heavy (non-hydrogen) atoms. The summed E-state index contributed by atoms with van der Waals surface area (Å²) in [5.41, 5.74) is 5.20. The Bertz CT molecular complexity index is 768. The van der Waals surface area contributed by atoms with Crippen LogP contribution in [0.5, 0.6) is 0 Å². The van der Waals surface area contributed by atoms with Crippen molar-refractivity contribution in [2.24, 2.45) is 0 Å². The molecule has 1 amide bonds. The molecule has 0 fully saturated rings. The van der Waals surface area contributed by atoms with Gasteiger partial charge in [-0.1, -0.05) is 11.6 Å². The third-order valence-electron chi connectivity index (χ3n) is 2.77. The highest BCUT2D eigenvalue weighted by atomic mass is 35.5. The maximum atomic E-state index is 13.5. The van der Waals surface area contributed by atoms with Crippen LogP contribution < -0.4 is 11.1 Å². The summed E-state index contributed by atoms with van der Waals surface area (Å²) >= 11 is 5.59. The highest BCUT2D eigenvalue weighted by Gasteiger charge is 2.14. The Hall–Kier alpha value is -2.67. The van der Waals surface area contributed by atoms with Crippen LogP contribution in [-0.4, -0.2) is 18.5 Å². The van der Waals surface area contributed by atoms with E-state index >= 15 is 0 Å². The zero-order valence-corrected chi connectivity index (χ0v) is 12.4. The monoisotopic (exact) mass is 340 g/mol. The second-order valence-electron chi connectivity index (χ2n) is 4.48. The summed E-state index contributed by atoms with van der Waals surface area (Å²) in [6.45, 7) is -0.655. The van der Waals surface area contributed by atoms with Crippen molar-refractivity contribution in [3.63, 3.8) is 0 Å². The predicted molar refractivity (Wildman–Crippen MR) is 81.1 cm³/mol. The summed E-state index contributed by atoms with van der Waals surface area (Å²) in [7, 11) is 0. The Balaban J connectivity index is 1.94. The molecule has 120 valence electrons. The molecule has 0 aliphatic rings. The van der Waals surface area contributed by atoms with E-state index in [1.165, 1.54) is 12.1 Å². The van der Waals surface area contributed by atoms with Crippen molar-refractivity contribution >= 4 is 34.9 Å². The lowest BCUT2D eigenvalue weighted by atomic mass is 10.2. The molecule has 0 spiro atoms. The van der Waals surface area contributed by atoms with Gasteiger partial charge in [-0.05, 0) is 36.4 Å². The number of nitrogens with two attached hydrogens (primary N) is 1. The highest BCUT2D eigenvalue weighted by Crippen LogP contribution is 2.19. The Morgan fingerprint density at radius 1 is 1.17 bits per heavy atom. The number of hydrogen-bond acceptors (Lipinski definition) is 4. The second-order valence-corrected chi connectivity index (χ2v) is 4.92. The molecular weight excluding hydrogens is 330 g/mol. The number of halogens is 3. The van der Waals surface area contributed by atoms with Crippen LogP contribution >= 0.6 is 11.6 Å². The molecule has 0 radical (unpaired) electrons. The van der Waals surface area contributed by atoms with Crippen LogP contribution in [0.3, 0.4) is 0 Å². The molecule has 2 aromatic carbocycles. The number of carbonyl (C=O) groups excluding carboxylic acids is 2. The quantitative estimate of drug-likeness (QED) is 0.662. The molecule has 0 saturated heterocycles. The molecule has 0 aromatic heterocycles. The van der Waals surface area contributed by atoms with Gasteiger partial charge in [0.25, 0.3) is 5.91 Å². The fourth-order valence-electron chi connectivity index (χ4n) is 1.71. The molecule has 8 heteroatoms. The summed E-state index contributed by atoms with van der Waals surface area (Å²) in [6, 6.07) is 6.84. The lowest BCUT2D eigenvalue weighted by molar-refractivity contribution is -0.119. The molecule has 0 saturated carbocycles. The first-order chi connectivity index (χ1) is 10.9. The maximum Gasteiger partial charge on any atom is 0.340 e. The molecular formula is C15H11ClF2N2O3. The lowest BCUT2D eigenvalue weighted by Crippen LogP contribution is -2.21. The largest absolute Gasteiger partial charge is 0.452 e. The number of ether oxygens (including phenoxy) is 1. The smallest absolute Gasteiger partial charge is 0.340 e. The van der Waals surface area contributed by atoms with Gasteiger partial charge in [0.15, 0.2) is 6.61 Å². The van der Waals surface area contributed by atoms with Crippen molar-refractivity contribution in [1.29, 1.82) is 0 Å². The van der Waals surface area contributed by atoms with Gasteiger partial charge in [0.1, 0.15) is 11.6 Å². The van der Waals surface area contributed by atoms with Gasteiger partial charge < -0.3 is 15.8 Å². The topological polar surface area (TPSA) is 81.4 Å². The Kier molecular flexibility index (Phi) is 5.13. The SMILES string of the molecule is Nc1cc(F)ccc1C(=O)OCC(=O)Nc1ccc(Cl)cc1F. The molecule has 0 atom stereocenters. The van der Waals surface area contributed by atoms with Crippen LogP contribution in [0.1, 0.15) is 10.4 Å². The van der Waals surface area contributed by atoms with Gasteiger partial charge in [-0.15, -0.1) is 0 Å². The Labute approximate surface area is 135 Å². The van der Waals surface area contributed by atoms with Crippen LogP contribution in [0.15, 0.2) is 36.4 Å². The molecule has 0 aliphatic heterocycles. The summed E-state index contributed by atoms with van der Waals surface area (Å²) in [4.78, 5) is 23.4. The van der Waals surface area contributed by atoms with Crippen molar-refractivity contribution in [2.75, 3.05) is 17.7 Å². The number of rotatable bonds is 4. The molecule has 0 heterocycles. The number of anilines is 2. The summed E-state index contributed by atoms with van der Waals surface area (Å²) < 4.78 is 31.1. The lowest BCUT2D eigenvalue weighted by Gasteiger charge is -2.08. The van der Waals surface area contributed by atoms with Gasteiger partial charge in [0, 0.05) is 10.7 Å². The zero-order valence-electron chi connectivity index (χ0n) is 11.6. The van der Waals surface area contributed by atoms with Gasteiger partial charge in [0.2, 0.25) is 0 Å². The average Bonchev–Trinajstić information content (AvgIpc) is 2.48. The van der Waals surface area contributed by atoms with E-state index in [1.807, 2.05) is 0 Å². The molecule has 0 unspecified atom stereocenters. The fraction of sp³-hybridized carbons (Fsp3) is 0.0667. The van der Waals surface area contributed by atoms with Crippen LogP contribution in [0, 0.1) is 11.6 Å². The third kappa shape index (κ3) is 4.40. The number of nitrogens with one attached hydrogen (secondary N) is 1. The van der Waals surface area contributed by atoms with E-state index < -0.39 is 30.1 Å². The van der Waals surface area contributed by atoms with E-state index in [0.29, 0.717) is 0 Å². The van der Waals surface area contributed by atoms with Crippen LogP contribution in [0.25, 0.3) is 0 Å². The van der Waals surface area contributed by atoms with Gasteiger partial charge in [-0.2, -0.15) is 0 Å².